The Bertz CT molecular complexity index is 1780. The number of para-hydroxylation sites is 1. The third-order valence-corrected chi connectivity index (χ3v) is 7.74. The third-order valence-electron chi connectivity index (χ3n) is 7.74. The van der Waals surface area contributed by atoms with Gasteiger partial charge < -0.3 is 29.6 Å². The van der Waals surface area contributed by atoms with Crippen LogP contribution in [0.15, 0.2) is 95.5 Å². The first kappa shape index (κ1) is 30.7. The lowest BCUT2D eigenvalue weighted by Gasteiger charge is -2.41. The number of carbonyl (C=O) groups excluding carboxylic acids is 3. The highest BCUT2D eigenvalue weighted by Gasteiger charge is 2.63. The van der Waals surface area contributed by atoms with E-state index in [9.17, 15) is 19.6 Å². The van der Waals surface area contributed by atoms with Gasteiger partial charge in [0, 0.05) is 17.3 Å². The molecule has 2 N–H and O–H groups in total. The molecule has 1 spiro atoms. The normalized spacial score (nSPS) is 17.3. The van der Waals surface area contributed by atoms with Gasteiger partial charge in [-0.1, -0.05) is 48.5 Å². The molecule has 45 heavy (non-hydrogen) atoms. The summed E-state index contributed by atoms with van der Waals surface area (Å²) in [6.45, 7) is 3.20. The molecule has 0 fully saturated rings. The molecule has 11 nitrogen and oxygen atoms in total. The molecule has 2 aliphatic heterocycles. The number of fused-ring (bicyclic) bond motifs is 2. The fourth-order valence-electron chi connectivity index (χ4n) is 5.90. The minimum atomic E-state index is -2.13. The number of nitrogens with zero attached hydrogens (tertiary/aromatic N) is 3. The largest absolute Gasteiger partial charge is 0.497 e. The van der Waals surface area contributed by atoms with Crippen molar-refractivity contribution < 1.29 is 33.3 Å². The van der Waals surface area contributed by atoms with Crippen molar-refractivity contribution in [2.24, 2.45) is 5.73 Å². The molecule has 0 saturated carbocycles. The molecule has 2 heterocycles. The van der Waals surface area contributed by atoms with Gasteiger partial charge in [-0.15, -0.1) is 0 Å². The topological polar surface area (TPSA) is 144 Å². The van der Waals surface area contributed by atoms with Crippen LogP contribution in [0.25, 0.3) is 0 Å². The van der Waals surface area contributed by atoms with Gasteiger partial charge in [-0.05, 0) is 37.6 Å². The summed E-state index contributed by atoms with van der Waals surface area (Å²) in [5.41, 5.74) is 5.43. The molecule has 5 rings (SSSR count). The summed E-state index contributed by atoms with van der Waals surface area (Å²) in [5.74, 6) is -2.19. The molecule has 0 aliphatic carbocycles. The minimum Gasteiger partial charge on any atom is -0.497 e. The van der Waals surface area contributed by atoms with E-state index in [1.807, 2.05) is 30.3 Å². The summed E-state index contributed by atoms with van der Waals surface area (Å²) in [5, 5.41) is 10.8. The Morgan fingerprint density at radius 3 is 2.20 bits per heavy atom. The van der Waals surface area contributed by atoms with E-state index < -0.39 is 23.3 Å². The summed E-state index contributed by atoms with van der Waals surface area (Å²) in [6, 6.07) is 22.9. The molecule has 1 atom stereocenters. The van der Waals surface area contributed by atoms with Gasteiger partial charge in [0.2, 0.25) is 5.91 Å². The van der Waals surface area contributed by atoms with E-state index in [1.165, 1.54) is 24.0 Å². The molecule has 0 radical (unpaired) electrons. The van der Waals surface area contributed by atoms with Crippen LogP contribution in [0, 0.1) is 11.3 Å². The number of nitrogens with two attached hydrogens (primary N) is 1. The van der Waals surface area contributed by atoms with Crippen LogP contribution < -0.4 is 25.0 Å². The quantitative estimate of drug-likeness (QED) is 0.353. The zero-order chi connectivity index (χ0) is 32.3. The predicted octanol–water partition coefficient (Wildman–Crippen LogP) is 4.08. The highest BCUT2D eigenvalue weighted by Crippen LogP contribution is 2.56. The van der Waals surface area contributed by atoms with Crippen molar-refractivity contribution in [2.75, 3.05) is 37.2 Å². The Balaban J connectivity index is 1.91. The molecule has 11 heteroatoms. The van der Waals surface area contributed by atoms with Crippen LogP contribution in [0.5, 0.6) is 11.5 Å². The number of esters is 2. The van der Waals surface area contributed by atoms with Crippen LogP contribution in [0.1, 0.15) is 25.0 Å². The van der Waals surface area contributed by atoms with Crippen molar-refractivity contribution in [3.8, 4) is 17.6 Å². The minimum absolute atomic E-state index is 0.0571. The van der Waals surface area contributed by atoms with Crippen molar-refractivity contribution in [3.05, 3.63) is 107 Å². The van der Waals surface area contributed by atoms with Crippen molar-refractivity contribution in [3.63, 3.8) is 0 Å². The Morgan fingerprint density at radius 1 is 0.889 bits per heavy atom. The Hall–Kier alpha value is -5.76. The maximum Gasteiger partial charge on any atom is 0.355 e. The molecule has 0 bridgehead atoms. The smallest absolute Gasteiger partial charge is 0.355 e. The number of anilines is 2. The van der Waals surface area contributed by atoms with Crippen molar-refractivity contribution in [1.29, 1.82) is 5.26 Å². The molecule has 3 aromatic rings. The maximum atomic E-state index is 15.0. The summed E-state index contributed by atoms with van der Waals surface area (Å²) in [4.78, 5) is 45.9. The van der Waals surface area contributed by atoms with E-state index in [0.29, 0.717) is 17.0 Å². The third kappa shape index (κ3) is 4.80. The van der Waals surface area contributed by atoms with Crippen LogP contribution in [0.2, 0.25) is 0 Å². The van der Waals surface area contributed by atoms with Crippen LogP contribution in [0.4, 0.5) is 11.4 Å². The van der Waals surface area contributed by atoms with E-state index in [1.54, 1.807) is 56.3 Å². The molecule has 3 aromatic carbocycles. The van der Waals surface area contributed by atoms with Gasteiger partial charge in [0.25, 0.3) is 0 Å². The van der Waals surface area contributed by atoms with E-state index in [4.69, 9.17) is 24.7 Å². The van der Waals surface area contributed by atoms with Crippen molar-refractivity contribution >= 4 is 29.2 Å². The number of carbonyl (C=O) groups is 3. The van der Waals surface area contributed by atoms with Crippen LogP contribution >= 0.6 is 0 Å². The van der Waals surface area contributed by atoms with Crippen LogP contribution in [-0.2, 0) is 35.8 Å². The van der Waals surface area contributed by atoms with Crippen molar-refractivity contribution in [1.82, 2.24) is 0 Å². The van der Waals surface area contributed by atoms with Gasteiger partial charge in [-0.3, -0.25) is 9.69 Å². The number of benzene rings is 3. The second kappa shape index (κ2) is 12.5. The summed E-state index contributed by atoms with van der Waals surface area (Å²) in [6.07, 6.45) is 0. The van der Waals surface area contributed by atoms with Gasteiger partial charge in [0.05, 0.1) is 50.8 Å². The van der Waals surface area contributed by atoms with Gasteiger partial charge in [-0.2, -0.15) is 5.26 Å². The van der Waals surface area contributed by atoms with E-state index in [-0.39, 0.29) is 53.9 Å². The van der Waals surface area contributed by atoms with Gasteiger partial charge >= 0.3 is 11.9 Å². The number of hydrogen-bond donors (Lipinski definition) is 1. The molecular formula is C34H32N4O7. The monoisotopic (exact) mass is 608 g/mol. The average Bonchev–Trinajstić information content (AvgIpc) is 3.28. The first-order valence-corrected chi connectivity index (χ1v) is 14.3. The molecule has 1 amide bonds. The number of hydrogen-bond acceptors (Lipinski definition) is 10. The number of methoxy groups -OCH3 is 2. The zero-order valence-electron chi connectivity index (χ0n) is 25.3. The molecule has 0 saturated heterocycles. The highest BCUT2D eigenvalue weighted by molar-refractivity contribution is 6.21. The fraction of sp³-hybridized carbons (Fsp3) is 0.235. The average molecular weight is 609 g/mol. The number of ether oxygens (including phenoxy) is 4. The first-order chi connectivity index (χ1) is 21.8. The Labute approximate surface area is 260 Å². The standard InChI is InChI=1S/C34H32N4O7/c1-5-44-31(39)28-29(32(40)45-6-2)38(26-17-16-22(42-3)18-27(26)43-4)30(36)24(19-35)34(28)23-14-10-11-15-25(23)37(33(34)41)20-21-12-8-7-9-13-21/h7-18H,5-6,20,36H2,1-4H3/t34-/m1/s1. The molecule has 0 aromatic heterocycles. The lowest BCUT2D eigenvalue weighted by Crippen LogP contribution is -2.53. The van der Waals surface area contributed by atoms with E-state index in [2.05, 4.69) is 6.07 Å². The second-order valence-corrected chi connectivity index (χ2v) is 10.1. The summed E-state index contributed by atoms with van der Waals surface area (Å²) in [7, 11) is 2.89. The van der Waals surface area contributed by atoms with Crippen LogP contribution in [-0.4, -0.2) is 45.3 Å². The van der Waals surface area contributed by atoms with E-state index >= 15 is 0 Å². The second-order valence-electron chi connectivity index (χ2n) is 10.1. The van der Waals surface area contributed by atoms with Gasteiger partial charge in [0.15, 0.2) is 0 Å². The van der Waals surface area contributed by atoms with E-state index in [0.717, 1.165) is 5.56 Å². The summed E-state index contributed by atoms with van der Waals surface area (Å²) < 4.78 is 22.0. The number of amides is 1. The molecule has 0 unspecified atom stereocenters. The molecule has 230 valence electrons. The maximum absolute atomic E-state index is 15.0. The van der Waals surface area contributed by atoms with Crippen LogP contribution in [0.3, 0.4) is 0 Å². The lowest BCUT2D eigenvalue weighted by atomic mass is 9.66. The molecule has 2 aliphatic rings. The Morgan fingerprint density at radius 2 is 1.56 bits per heavy atom. The highest BCUT2D eigenvalue weighted by atomic mass is 16.5. The van der Waals surface area contributed by atoms with Crippen molar-refractivity contribution in [2.45, 2.75) is 25.8 Å². The number of nitriles is 1. The SMILES string of the molecule is CCOC(=O)C1=C(C(=O)OCC)[C@]2(C(=O)N(Cc3ccccc3)c3ccccc32)C(C#N)=C(N)N1c1ccc(OC)cc1OC. The number of rotatable bonds is 9. The fourth-order valence-corrected chi connectivity index (χ4v) is 5.90. The Kier molecular flexibility index (Phi) is 8.50. The predicted molar refractivity (Wildman–Crippen MR) is 165 cm³/mol. The molecular weight excluding hydrogens is 576 g/mol. The van der Waals surface area contributed by atoms with Gasteiger partial charge in [-0.25, -0.2) is 9.59 Å². The lowest BCUT2D eigenvalue weighted by molar-refractivity contribution is -0.143. The zero-order valence-corrected chi connectivity index (χ0v) is 25.3. The van der Waals surface area contributed by atoms with Gasteiger partial charge in [0.1, 0.15) is 34.5 Å². The summed E-state index contributed by atoms with van der Waals surface area (Å²) >= 11 is 0. The first-order valence-electron chi connectivity index (χ1n) is 14.3.